The first kappa shape index (κ1) is 22.6. The summed E-state index contributed by atoms with van der Waals surface area (Å²) in [5, 5.41) is 3.09. The second-order valence-electron chi connectivity index (χ2n) is 7.74. The fourth-order valence-corrected chi connectivity index (χ4v) is 4.59. The minimum absolute atomic E-state index is 0.0891. The molecule has 3 rings (SSSR count). The van der Waals surface area contributed by atoms with Crippen LogP contribution in [0.15, 0.2) is 71.6 Å². The standard InChI is InChI=1S/C25H28N2O3S/c1-5-23(22-9-7-6-8-18(22)3)26-25(28)20-12-15-24(19(4)16-20)27-31(29,30)21-13-10-17(2)11-14-21/h6-16,23,27H,5H2,1-4H3,(H,26,28). The molecule has 0 aliphatic rings. The van der Waals surface area contributed by atoms with Gasteiger partial charge in [0.05, 0.1) is 16.6 Å². The van der Waals surface area contributed by atoms with Gasteiger partial charge in [0.15, 0.2) is 0 Å². The van der Waals surface area contributed by atoms with Gasteiger partial charge < -0.3 is 5.32 Å². The number of aryl methyl sites for hydroxylation is 3. The lowest BCUT2D eigenvalue weighted by Crippen LogP contribution is -2.28. The molecule has 162 valence electrons. The number of amides is 1. The molecule has 0 radical (unpaired) electrons. The van der Waals surface area contributed by atoms with Crippen LogP contribution in [0.5, 0.6) is 0 Å². The summed E-state index contributed by atoms with van der Waals surface area (Å²) in [6.45, 7) is 7.75. The molecule has 2 N–H and O–H groups in total. The first-order chi connectivity index (χ1) is 14.7. The molecule has 0 heterocycles. The van der Waals surface area contributed by atoms with Gasteiger partial charge in [0.25, 0.3) is 15.9 Å². The van der Waals surface area contributed by atoms with Crippen LogP contribution in [0.4, 0.5) is 5.69 Å². The van der Waals surface area contributed by atoms with E-state index in [1.807, 2.05) is 45.0 Å². The lowest BCUT2D eigenvalue weighted by Gasteiger charge is -2.20. The molecule has 0 bridgehead atoms. The Bertz CT molecular complexity index is 1190. The van der Waals surface area contributed by atoms with Crippen LogP contribution < -0.4 is 10.0 Å². The molecule has 5 nitrogen and oxygen atoms in total. The Morgan fingerprint density at radius 2 is 1.58 bits per heavy atom. The summed E-state index contributed by atoms with van der Waals surface area (Å²) < 4.78 is 27.9. The second-order valence-corrected chi connectivity index (χ2v) is 9.42. The molecular weight excluding hydrogens is 408 g/mol. The van der Waals surface area contributed by atoms with Crippen LogP contribution >= 0.6 is 0 Å². The third kappa shape index (κ3) is 5.33. The molecule has 1 amide bonds. The van der Waals surface area contributed by atoms with Gasteiger partial charge in [-0.1, -0.05) is 48.9 Å². The van der Waals surface area contributed by atoms with Crippen molar-refractivity contribution in [3.63, 3.8) is 0 Å². The molecular formula is C25H28N2O3S. The van der Waals surface area contributed by atoms with Crippen molar-refractivity contribution < 1.29 is 13.2 Å². The van der Waals surface area contributed by atoms with Gasteiger partial charge in [-0.3, -0.25) is 9.52 Å². The average molecular weight is 437 g/mol. The smallest absolute Gasteiger partial charge is 0.261 e. The summed E-state index contributed by atoms with van der Waals surface area (Å²) in [5.74, 6) is -0.189. The van der Waals surface area contributed by atoms with E-state index in [0.717, 1.165) is 23.1 Å². The minimum Gasteiger partial charge on any atom is -0.345 e. The highest BCUT2D eigenvalue weighted by Gasteiger charge is 2.18. The zero-order valence-corrected chi connectivity index (χ0v) is 19.1. The van der Waals surface area contributed by atoms with Crippen LogP contribution in [-0.4, -0.2) is 14.3 Å². The number of hydrogen-bond donors (Lipinski definition) is 2. The van der Waals surface area contributed by atoms with Gasteiger partial charge in [-0.05, 0) is 74.2 Å². The van der Waals surface area contributed by atoms with Gasteiger partial charge in [-0.25, -0.2) is 8.42 Å². The van der Waals surface area contributed by atoms with E-state index in [-0.39, 0.29) is 16.8 Å². The van der Waals surface area contributed by atoms with Gasteiger partial charge in [0.1, 0.15) is 0 Å². The normalized spacial score (nSPS) is 12.3. The van der Waals surface area contributed by atoms with Crippen LogP contribution in [0.3, 0.4) is 0 Å². The van der Waals surface area contributed by atoms with Crippen LogP contribution in [0, 0.1) is 20.8 Å². The van der Waals surface area contributed by atoms with Crippen molar-refractivity contribution in [1.82, 2.24) is 5.32 Å². The zero-order valence-electron chi connectivity index (χ0n) is 18.3. The molecule has 1 atom stereocenters. The van der Waals surface area contributed by atoms with E-state index >= 15 is 0 Å². The maximum Gasteiger partial charge on any atom is 0.261 e. The fraction of sp³-hybridized carbons (Fsp3) is 0.240. The third-order valence-corrected chi connectivity index (χ3v) is 6.72. The zero-order chi connectivity index (χ0) is 22.6. The molecule has 0 saturated heterocycles. The molecule has 0 aliphatic carbocycles. The molecule has 0 aliphatic heterocycles. The lowest BCUT2D eigenvalue weighted by atomic mass is 9.99. The monoisotopic (exact) mass is 436 g/mol. The Morgan fingerprint density at radius 1 is 0.903 bits per heavy atom. The summed E-state index contributed by atoms with van der Waals surface area (Å²) in [7, 11) is -3.70. The number of nitrogens with one attached hydrogen (secondary N) is 2. The van der Waals surface area contributed by atoms with Gasteiger partial charge in [0.2, 0.25) is 0 Å². The molecule has 0 saturated carbocycles. The Kier molecular flexibility index (Phi) is 6.81. The number of sulfonamides is 1. The first-order valence-corrected chi connectivity index (χ1v) is 11.8. The van der Waals surface area contributed by atoms with Gasteiger partial charge in [-0.2, -0.15) is 0 Å². The van der Waals surface area contributed by atoms with Crippen LogP contribution in [0.2, 0.25) is 0 Å². The molecule has 31 heavy (non-hydrogen) atoms. The highest BCUT2D eigenvalue weighted by atomic mass is 32.2. The average Bonchev–Trinajstić information content (AvgIpc) is 2.74. The molecule has 3 aromatic rings. The van der Waals surface area contributed by atoms with E-state index in [1.165, 1.54) is 0 Å². The number of benzene rings is 3. The Morgan fingerprint density at radius 3 is 2.19 bits per heavy atom. The van der Waals surface area contributed by atoms with Crippen molar-refractivity contribution in [2.45, 2.75) is 45.1 Å². The molecule has 0 spiro atoms. The third-order valence-electron chi connectivity index (χ3n) is 5.34. The Hall–Kier alpha value is -3.12. The van der Waals surface area contributed by atoms with Crippen molar-refractivity contribution in [3.05, 3.63) is 94.5 Å². The number of rotatable bonds is 7. The van der Waals surface area contributed by atoms with Gasteiger partial charge in [-0.15, -0.1) is 0 Å². The SMILES string of the molecule is CCC(NC(=O)c1ccc(NS(=O)(=O)c2ccc(C)cc2)c(C)c1)c1ccccc1C. The first-order valence-electron chi connectivity index (χ1n) is 10.3. The number of carbonyl (C=O) groups excluding carboxylic acids is 1. The summed E-state index contributed by atoms with van der Waals surface area (Å²) in [4.78, 5) is 13.0. The van der Waals surface area contributed by atoms with E-state index in [1.54, 1.807) is 49.4 Å². The Balaban J connectivity index is 1.77. The van der Waals surface area contributed by atoms with Crippen molar-refractivity contribution in [3.8, 4) is 0 Å². The summed E-state index contributed by atoms with van der Waals surface area (Å²) in [6, 6.07) is 19.5. The van der Waals surface area contributed by atoms with Gasteiger partial charge >= 0.3 is 0 Å². The van der Waals surface area contributed by atoms with Crippen molar-refractivity contribution in [2.75, 3.05) is 4.72 Å². The van der Waals surface area contributed by atoms with E-state index in [2.05, 4.69) is 10.0 Å². The topological polar surface area (TPSA) is 75.3 Å². The van der Waals surface area contributed by atoms with Gasteiger partial charge in [0, 0.05) is 5.56 Å². The van der Waals surface area contributed by atoms with Crippen molar-refractivity contribution in [1.29, 1.82) is 0 Å². The molecule has 3 aromatic carbocycles. The van der Waals surface area contributed by atoms with Crippen LogP contribution in [0.25, 0.3) is 0 Å². The van der Waals surface area contributed by atoms with E-state index in [9.17, 15) is 13.2 Å². The largest absolute Gasteiger partial charge is 0.345 e. The number of hydrogen-bond acceptors (Lipinski definition) is 3. The minimum atomic E-state index is -3.70. The van der Waals surface area contributed by atoms with Crippen LogP contribution in [0.1, 0.15) is 52.0 Å². The lowest BCUT2D eigenvalue weighted by molar-refractivity contribution is 0.0935. The summed E-state index contributed by atoms with van der Waals surface area (Å²) >= 11 is 0. The van der Waals surface area contributed by atoms with E-state index in [0.29, 0.717) is 16.8 Å². The quantitative estimate of drug-likeness (QED) is 0.528. The molecule has 1 unspecified atom stereocenters. The summed E-state index contributed by atoms with van der Waals surface area (Å²) in [5.41, 5.74) is 4.82. The number of anilines is 1. The fourth-order valence-electron chi connectivity index (χ4n) is 3.46. The maximum atomic E-state index is 12.9. The summed E-state index contributed by atoms with van der Waals surface area (Å²) in [6.07, 6.45) is 0.768. The highest BCUT2D eigenvalue weighted by molar-refractivity contribution is 7.92. The number of carbonyl (C=O) groups is 1. The van der Waals surface area contributed by atoms with Crippen molar-refractivity contribution >= 4 is 21.6 Å². The highest BCUT2D eigenvalue weighted by Crippen LogP contribution is 2.23. The second kappa shape index (κ2) is 9.35. The Labute approximate surface area is 184 Å². The van der Waals surface area contributed by atoms with Crippen molar-refractivity contribution in [2.24, 2.45) is 0 Å². The van der Waals surface area contributed by atoms with E-state index < -0.39 is 10.0 Å². The molecule has 0 aromatic heterocycles. The predicted molar refractivity (Wildman–Crippen MR) is 125 cm³/mol. The van der Waals surface area contributed by atoms with Crippen LogP contribution in [-0.2, 0) is 10.0 Å². The predicted octanol–water partition coefficient (Wildman–Crippen LogP) is 5.29. The molecule has 6 heteroatoms. The molecule has 0 fully saturated rings. The van der Waals surface area contributed by atoms with E-state index in [4.69, 9.17) is 0 Å². The maximum absolute atomic E-state index is 12.9.